The summed E-state index contributed by atoms with van der Waals surface area (Å²) in [5.41, 5.74) is 1.45. The third-order valence-corrected chi connectivity index (χ3v) is 4.13. The predicted octanol–water partition coefficient (Wildman–Crippen LogP) is 3.42. The van der Waals surface area contributed by atoms with Crippen LogP contribution in [0.1, 0.15) is 37.2 Å². The number of hydrogen-bond acceptors (Lipinski definition) is 2. The fraction of sp³-hybridized carbons (Fsp3) is 0.500. The van der Waals surface area contributed by atoms with Crippen LogP contribution in [0.15, 0.2) is 29.5 Å². The van der Waals surface area contributed by atoms with Crippen LogP contribution in [0.3, 0.4) is 0 Å². The fourth-order valence-electron chi connectivity index (χ4n) is 2.35. The number of piperidine rings is 1. The number of carbonyl (C=O) groups is 1. The van der Waals surface area contributed by atoms with Crippen molar-refractivity contribution in [1.82, 2.24) is 4.90 Å². The van der Waals surface area contributed by atoms with E-state index in [1.54, 1.807) is 11.3 Å². The first-order valence-electron chi connectivity index (χ1n) is 6.22. The number of hydrogen-bond donors (Lipinski definition) is 0. The van der Waals surface area contributed by atoms with Crippen molar-refractivity contribution in [2.24, 2.45) is 0 Å². The molecule has 0 N–H and O–H groups in total. The lowest BCUT2D eigenvalue weighted by Gasteiger charge is -2.31. The first-order valence-corrected chi connectivity index (χ1v) is 7.16. The first kappa shape index (κ1) is 12.4. The Morgan fingerprint density at radius 3 is 2.88 bits per heavy atom. The molecule has 0 spiro atoms. The first-order chi connectivity index (χ1) is 8.31. The molecule has 1 saturated heterocycles. The van der Waals surface area contributed by atoms with E-state index < -0.39 is 0 Å². The topological polar surface area (TPSA) is 20.3 Å². The number of carbonyl (C=O) groups excluding carboxylic acids is 1. The molecular weight excluding hydrogens is 230 g/mol. The van der Waals surface area contributed by atoms with Gasteiger partial charge in [-0.15, -0.1) is 6.58 Å². The summed E-state index contributed by atoms with van der Waals surface area (Å²) in [6.45, 7) is 5.48. The Hall–Kier alpha value is -1.09. The fourth-order valence-corrected chi connectivity index (χ4v) is 3.10. The monoisotopic (exact) mass is 249 g/mol. The number of amides is 1. The molecule has 3 heteroatoms. The molecule has 0 unspecified atom stereocenters. The van der Waals surface area contributed by atoms with Crippen LogP contribution in [0.4, 0.5) is 0 Å². The maximum atomic E-state index is 11.8. The van der Waals surface area contributed by atoms with Crippen LogP contribution in [0.5, 0.6) is 0 Å². The number of nitrogens with zero attached hydrogens (tertiary/aromatic N) is 1. The van der Waals surface area contributed by atoms with Gasteiger partial charge in [0.25, 0.3) is 0 Å². The number of likely N-dealkylation sites (tertiary alicyclic amines) is 1. The summed E-state index contributed by atoms with van der Waals surface area (Å²) in [6.07, 6.45) is 5.44. The van der Waals surface area contributed by atoms with Gasteiger partial charge in [0.05, 0.1) is 0 Å². The molecule has 0 aliphatic carbocycles. The Labute approximate surface area is 107 Å². The molecule has 0 aromatic carbocycles. The second kappa shape index (κ2) is 6.01. The summed E-state index contributed by atoms with van der Waals surface area (Å²) in [5.74, 6) is 0.943. The Bertz CT molecular complexity index is 364. The molecule has 1 fully saturated rings. The van der Waals surface area contributed by atoms with Crippen LogP contribution >= 0.6 is 11.3 Å². The molecule has 17 heavy (non-hydrogen) atoms. The standard InChI is InChI=1S/C14H19NOS/c1-2-3-4-14(16)15-8-5-12(6-9-15)13-7-10-17-11-13/h2,7,10-12H,1,3-6,8-9H2. The van der Waals surface area contributed by atoms with Crippen molar-refractivity contribution in [3.63, 3.8) is 0 Å². The van der Waals surface area contributed by atoms with E-state index in [4.69, 9.17) is 0 Å². The Morgan fingerprint density at radius 1 is 1.53 bits per heavy atom. The summed E-state index contributed by atoms with van der Waals surface area (Å²) in [5, 5.41) is 4.37. The van der Waals surface area contributed by atoms with Crippen LogP contribution < -0.4 is 0 Å². The molecule has 92 valence electrons. The van der Waals surface area contributed by atoms with E-state index in [1.807, 2.05) is 11.0 Å². The van der Waals surface area contributed by atoms with Gasteiger partial charge in [0.2, 0.25) is 5.91 Å². The highest BCUT2D eigenvalue weighted by Gasteiger charge is 2.23. The van der Waals surface area contributed by atoms with E-state index in [2.05, 4.69) is 23.4 Å². The summed E-state index contributed by atoms with van der Waals surface area (Å²) < 4.78 is 0. The summed E-state index contributed by atoms with van der Waals surface area (Å²) >= 11 is 1.76. The average molecular weight is 249 g/mol. The van der Waals surface area contributed by atoms with Gasteiger partial charge >= 0.3 is 0 Å². The lowest BCUT2D eigenvalue weighted by molar-refractivity contribution is -0.132. The van der Waals surface area contributed by atoms with E-state index in [1.165, 1.54) is 5.56 Å². The Balaban J connectivity index is 1.81. The Morgan fingerprint density at radius 2 is 2.29 bits per heavy atom. The van der Waals surface area contributed by atoms with E-state index in [0.29, 0.717) is 12.3 Å². The lowest BCUT2D eigenvalue weighted by atomic mass is 9.91. The van der Waals surface area contributed by atoms with Gasteiger partial charge in [0.1, 0.15) is 0 Å². The van der Waals surface area contributed by atoms with Crippen LogP contribution in [0.25, 0.3) is 0 Å². The molecule has 2 rings (SSSR count). The average Bonchev–Trinajstić information content (AvgIpc) is 2.90. The van der Waals surface area contributed by atoms with Crippen molar-refractivity contribution in [2.45, 2.75) is 31.6 Å². The van der Waals surface area contributed by atoms with Crippen LogP contribution in [-0.4, -0.2) is 23.9 Å². The summed E-state index contributed by atoms with van der Waals surface area (Å²) in [4.78, 5) is 13.8. The molecule has 0 bridgehead atoms. The molecule has 2 heterocycles. The quantitative estimate of drug-likeness (QED) is 0.749. The zero-order chi connectivity index (χ0) is 12.1. The number of thiophene rings is 1. The zero-order valence-corrected chi connectivity index (χ0v) is 10.9. The maximum absolute atomic E-state index is 11.8. The number of allylic oxidation sites excluding steroid dienone is 1. The van der Waals surface area contributed by atoms with Crippen LogP contribution in [-0.2, 0) is 4.79 Å². The van der Waals surface area contributed by atoms with Gasteiger partial charge in [0, 0.05) is 19.5 Å². The molecule has 0 radical (unpaired) electrons. The van der Waals surface area contributed by atoms with E-state index in [-0.39, 0.29) is 5.91 Å². The molecule has 1 aromatic heterocycles. The second-order valence-corrected chi connectivity index (χ2v) is 5.32. The van der Waals surface area contributed by atoms with Gasteiger partial charge in [-0.1, -0.05) is 6.08 Å². The highest BCUT2D eigenvalue weighted by molar-refractivity contribution is 7.07. The molecule has 1 aliphatic heterocycles. The normalized spacial score (nSPS) is 17.1. The summed E-state index contributed by atoms with van der Waals surface area (Å²) in [6, 6.07) is 2.21. The van der Waals surface area contributed by atoms with Crippen molar-refractivity contribution in [3.05, 3.63) is 35.0 Å². The van der Waals surface area contributed by atoms with E-state index in [0.717, 1.165) is 32.4 Å². The molecule has 2 nitrogen and oxygen atoms in total. The minimum absolute atomic E-state index is 0.286. The molecule has 1 amide bonds. The largest absolute Gasteiger partial charge is 0.343 e. The van der Waals surface area contributed by atoms with Crippen molar-refractivity contribution in [2.75, 3.05) is 13.1 Å². The highest BCUT2D eigenvalue weighted by atomic mass is 32.1. The van der Waals surface area contributed by atoms with E-state index >= 15 is 0 Å². The third kappa shape index (κ3) is 3.19. The molecule has 0 atom stereocenters. The van der Waals surface area contributed by atoms with Gasteiger partial charge in [0.15, 0.2) is 0 Å². The van der Waals surface area contributed by atoms with Crippen molar-refractivity contribution >= 4 is 17.2 Å². The lowest BCUT2D eigenvalue weighted by Crippen LogP contribution is -2.37. The van der Waals surface area contributed by atoms with Crippen molar-refractivity contribution in [3.8, 4) is 0 Å². The van der Waals surface area contributed by atoms with Crippen LogP contribution in [0, 0.1) is 0 Å². The van der Waals surface area contributed by atoms with Crippen molar-refractivity contribution < 1.29 is 4.79 Å². The second-order valence-electron chi connectivity index (χ2n) is 4.54. The molecule has 0 saturated carbocycles. The van der Waals surface area contributed by atoms with Gasteiger partial charge in [-0.3, -0.25) is 4.79 Å². The van der Waals surface area contributed by atoms with Gasteiger partial charge in [-0.05, 0) is 47.6 Å². The van der Waals surface area contributed by atoms with Crippen LogP contribution in [0.2, 0.25) is 0 Å². The third-order valence-electron chi connectivity index (χ3n) is 3.42. The van der Waals surface area contributed by atoms with Crippen molar-refractivity contribution in [1.29, 1.82) is 0 Å². The molecular formula is C14H19NOS. The highest BCUT2D eigenvalue weighted by Crippen LogP contribution is 2.29. The molecule has 1 aliphatic rings. The minimum Gasteiger partial charge on any atom is -0.343 e. The Kier molecular flexibility index (Phi) is 4.37. The SMILES string of the molecule is C=CCCC(=O)N1CCC(c2ccsc2)CC1. The van der Waals surface area contributed by atoms with Gasteiger partial charge in [-0.2, -0.15) is 11.3 Å². The summed E-state index contributed by atoms with van der Waals surface area (Å²) in [7, 11) is 0. The van der Waals surface area contributed by atoms with Gasteiger partial charge in [-0.25, -0.2) is 0 Å². The van der Waals surface area contributed by atoms with Gasteiger partial charge < -0.3 is 4.90 Å². The number of rotatable bonds is 4. The smallest absolute Gasteiger partial charge is 0.222 e. The maximum Gasteiger partial charge on any atom is 0.222 e. The predicted molar refractivity (Wildman–Crippen MR) is 72.3 cm³/mol. The van der Waals surface area contributed by atoms with E-state index in [9.17, 15) is 4.79 Å². The minimum atomic E-state index is 0.286. The zero-order valence-electron chi connectivity index (χ0n) is 10.1. The molecule has 1 aromatic rings.